The van der Waals surface area contributed by atoms with Crippen LogP contribution in [0.1, 0.15) is 34.6 Å². The molecule has 1 aromatic carbocycles. The van der Waals surface area contributed by atoms with Crippen molar-refractivity contribution in [2.45, 2.75) is 29.9 Å². The number of aryl methyl sites for hydroxylation is 1. The van der Waals surface area contributed by atoms with E-state index >= 15 is 0 Å². The van der Waals surface area contributed by atoms with Gasteiger partial charge in [-0.25, -0.2) is 0 Å². The van der Waals surface area contributed by atoms with Crippen LogP contribution in [0.5, 0.6) is 11.5 Å². The number of phenolic OH excluding ortho intramolecular Hbond substituents is 2. The molecule has 0 saturated heterocycles. The lowest BCUT2D eigenvalue weighted by Gasteiger charge is -2.13. The molecule has 0 saturated carbocycles. The maximum atomic E-state index is 9.74. The van der Waals surface area contributed by atoms with Crippen LogP contribution in [0.15, 0.2) is 12.1 Å². The van der Waals surface area contributed by atoms with Gasteiger partial charge in [-0.15, -0.1) is 0 Å². The maximum Gasteiger partial charge on any atom is 0.162 e. The van der Waals surface area contributed by atoms with Gasteiger partial charge in [-0.1, -0.05) is 51.3 Å². The highest BCUT2D eigenvalue weighted by Crippen LogP contribution is 2.42. The van der Waals surface area contributed by atoms with Crippen molar-refractivity contribution in [2.24, 2.45) is 0 Å². The third-order valence-electron chi connectivity index (χ3n) is 2.30. The number of alkyl halides is 2. The van der Waals surface area contributed by atoms with E-state index in [-0.39, 0.29) is 15.2 Å². The molecule has 0 fully saturated rings. The first kappa shape index (κ1) is 12.8. The van der Waals surface area contributed by atoms with Gasteiger partial charge in [-0.3, -0.25) is 0 Å². The fraction of sp³-hybridized carbons (Fsp3) is 0.455. The largest absolute Gasteiger partial charge is 0.504 e. The molecule has 0 aromatic heterocycles. The van der Waals surface area contributed by atoms with E-state index in [4.69, 9.17) is 0 Å². The third kappa shape index (κ3) is 3.11. The summed E-state index contributed by atoms with van der Waals surface area (Å²) in [6, 6.07) is 3.39. The van der Waals surface area contributed by atoms with Crippen LogP contribution in [-0.4, -0.2) is 10.2 Å². The minimum atomic E-state index is -0.135. The Hall–Kier alpha value is -0.220. The lowest BCUT2D eigenvalue weighted by atomic mass is 10.0. The molecule has 0 bridgehead atoms. The van der Waals surface area contributed by atoms with E-state index in [0.29, 0.717) is 0 Å². The van der Waals surface area contributed by atoms with Crippen LogP contribution in [0.3, 0.4) is 0 Å². The van der Waals surface area contributed by atoms with Gasteiger partial charge in [-0.05, 0) is 24.5 Å². The molecule has 0 unspecified atom stereocenters. The van der Waals surface area contributed by atoms with Crippen molar-refractivity contribution in [3.8, 4) is 11.5 Å². The zero-order valence-electron chi connectivity index (χ0n) is 8.50. The molecule has 1 aromatic rings. The average Bonchev–Trinajstić information content (AvgIpc) is 2.19. The summed E-state index contributed by atoms with van der Waals surface area (Å²) >= 11 is 6.71. The second-order valence-electron chi connectivity index (χ2n) is 3.41. The molecule has 4 heteroatoms. The highest BCUT2D eigenvalue weighted by atomic mass is 79.9. The van der Waals surface area contributed by atoms with Crippen LogP contribution in [0.4, 0.5) is 0 Å². The summed E-state index contributed by atoms with van der Waals surface area (Å²) in [6.45, 7) is 2.12. The van der Waals surface area contributed by atoms with Gasteiger partial charge in [0.25, 0.3) is 0 Å². The number of halogens is 2. The molecule has 0 aliphatic carbocycles. The second-order valence-corrected chi connectivity index (χ2v) is 6.47. The first-order valence-electron chi connectivity index (χ1n) is 4.89. The summed E-state index contributed by atoms with van der Waals surface area (Å²) in [6.07, 6.45) is 3.09. The quantitative estimate of drug-likeness (QED) is 0.637. The average molecular weight is 338 g/mol. The topological polar surface area (TPSA) is 40.5 Å². The highest BCUT2D eigenvalue weighted by molar-refractivity contribution is 9.24. The van der Waals surface area contributed by atoms with E-state index in [2.05, 4.69) is 38.8 Å². The van der Waals surface area contributed by atoms with Gasteiger partial charge >= 0.3 is 0 Å². The maximum absolute atomic E-state index is 9.74. The van der Waals surface area contributed by atoms with E-state index in [1.807, 2.05) is 6.07 Å². The third-order valence-corrected chi connectivity index (χ3v) is 3.22. The van der Waals surface area contributed by atoms with E-state index < -0.39 is 0 Å². The van der Waals surface area contributed by atoms with Crippen molar-refractivity contribution in [3.63, 3.8) is 0 Å². The number of hydrogen-bond donors (Lipinski definition) is 2. The molecule has 0 aliphatic heterocycles. The molecule has 0 radical (unpaired) electrons. The molecule has 15 heavy (non-hydrogen) atoms. The fourth-order valence-electron chi connectivity index (χ4n) is 1.47. The Bertz CT molecular complexity index is 338. The van der Waals surface area contributed by atoms with Gasteiger partial charge in [0.15, 0.2) is 11.5 Å². The van der Waals surface area contributed by atoms with Gasteiger partial charge in [0, 0.05) is 5.56 Å². The minimum Gasteiger partial charge on any atom is -0.504 e. The van der Waals surface area contributed by atoms with E-state index in [0.717, 1.165) is 30.4 Å². The molecule has 0 atom stereocenters. The van der Waals surface area contributed by atoms with Crippen LogP contribution in [0.2, 0.25) is 0 Å². The Morgan fingerprint density at radius 3 is 2.47 bits per heavy atom. The Kier molecular flexibility index (Phi) is 4.93. The fourth-order valence-corrected chi connectivity index (χ4v) is 2.49. The molecule has 0 amide bonds. The molecule has 1 rings (SSSR count). The predicted octanol–water partition coefficient (Wildman–Crippen LogP) is 4.23. The highest BCUT2D eigenvalue weighted by Gasteiger charge is 2.16. The molecular formula is C11H14Br2O2. The van der Waals surface area contributed by atoms with Crippen LogP contribution in [0.25, 0.3) is 0 Å². The van der Waals surface area contributed by atoms with Gasteiger partial charge in [0.2, 0.25) is 0 Å². The smallest absolute Gasteiger partial charge is 0.162 e. The van der Waals surface area contributed by atoms with Crippen molar-refractivity contribution in [1.82, 2.24) is 0 Å². The summed E-state index contributed by atoms with van der Waals surface area (Å²) in [7, 11) is 0. The molecule has 0 spiro atoms. The number of hydrogen-bond acceptors (Lipinski definition) is 2. The van der Waals surface area contributed by atoms with Crippen LogP contribution < -0.4 is 0 Å². The summed E-state index contributed by atoms with van der Waals surface area (Å²) in [5.41, 5.74) is 1.79. The van der Waals surface area contributed by atoms with E-state index in [1.54, 1.807) is 0 Å². The number of rotatable bonds is 4. The van der Waals surface area contributed by atoms with E-state index in [9.17, 15) is 10.2 Å². The van der Waals surface area contributed by atoms with Crippen molar-refractivity contribution >= 4 is 31.9 Å². The number of unbranched alkanes of at least 4 members (excludes halogenated alkanes) is 1. The van der Waals surface area contributed by atoms with Crippen molar-refractivity contribution in [1.29, 1.82) is 0 Å². The van der Waals surface area contributed by atoms with Gasteiger partial charge in [0.1, 0.15) is 0 Å². The van der Waals surface area contributed by atoms with Crippen molar-refractivity contribution < 1.29 is 10.2 Å². The molecule has 0 heterocycles. The monoisotopic (exact) mass is 336 g/mol. The van der Waals surface area contributed by atoms with Crippen molar-refractivity contribution in [3.05, 3.63) is 23.3 Å². The van der Waals surface area contributed by atoms with Gasteiger partial charge in [-0.2, -0.15) is 0 Å². The van der Waals surface area contributed by atoms with Crippen LogP contribution >= 0.6 is 31.9 Å². The second kappa shape index (κ2) is 5.75. The zero-order chi connectivity index (χ0) is 11.4. The summed E-state index contributed by atoms with van der Waals surface area (Å²) in [4.78, 5) is 0. The first-order valence-corrected chi connectivity index (χ1v) is 6.73. The Balaban J connectivity index is 3.09. The first-order chi connectivity index (χ1) is 7.07. The van der Waals surface area contributed by atoms with Gasteiger partial charge < -0.3 is 10.2 Å². The molecule has 2 N–H and O–H groups in total. The lowest BCUT2D eigenvalue weighted by molar-refractivity contribution is 0.400. The number of aromatic hydroxyl groups is 2. The number of phenols is 2. The molecule has 84 valence electrons. The van der Waals surface area contributed by atoms with Crippen molar-refractivity contribution in [2.75, 3.05) is 0 Å². The summed E-state index contributed by atoms with van der Waals surface area (Å²) < 4.78 is -0.135. The number of benzene rings is 1. The Morgan fingerprint density at radius 2 is 1.93 bits per heavy atom. The Morgan fingerprint density at radius 1 is 1.27 bits per heavy atom. The molecular weight excluding hydrogens is 324 g/mol. The summed E-state index contributed by atoms with van der Waals surface area (Å²) in [5, 5.41) is 19.1. The molecule has 0 aliphatic rings. The minimum absolute atomic E-state index is 0.0395. The summed E-state index contributed by atoms with van der Waals surface area (Å²) in [5.74, 6) is -0.114. The lowest BCUT2D eigenvalue weighted by Crippen LogP contribution is -1.94. The van der Waals surface area contributed by atoms with Crippen LogP contribution in [0, 0.1) is 0 Å². The predicted molar refractivity (Wildman–Crippen MR) is 69.0 cm³/mol. The van der Waals surface area contributed by atoms with Gasteiger partial charge in [0.05, 0.1) is 3.74 Å². The SMILES string of the molecule is CCCCc1ccc(O)c(O)c1C(Br)Br. The Labute approximate surface area is 107 Å². The molecule has 2 nitrogen and oxygen atoms in total. The zero-order valence-corrected chi connectivity index (χ0v) is 11.7. The standard InChI is InChI=1S/C11H14Br2O2/c1-2-3-4-7-5-6-8(14)10(15)9(7)11(12)13/h5-6,11,14-15H,2-4H2,1H3. The normalized spacial score (nSPS) is 10.9. The van der Waals surface area contributed by atoms with E-state index in [1.165, 1.54) is 6.07 Å². The van der Waals surface area contributed by atoms with Crippen LogP contribution in [-0.2, 0) is 6.42 Å².